The maximum Gasteiger partial charge on any atom is 0.243 e. The van der Waals surface area contributed by atoms with E-state index in [2.05, 4.69) is 9.97 Å². The zero-order valence-electron chi connectivity index (χ0n) is 15.3. The fourth-order valence-corrected chi connectivity index (χ4v) is 4.25. The van der Waals surface area contributed by atoms with E-state index in [0.29, 0.717) is 18.1 Å². The maximum atomic E-state index is 13.9. The summed E-state index contributed by atoms with van der Waals surface area (Å²) in [4.78, 5) is 10.1. The minimum Gasteiger partial charge on any atom is -0.494 e. The molecule has 0 aliphatic carbocycles. The third-order valence-electron chi connectivity index (χ3n) is 4.21. The Bertz CT molecular complexity index is 923. The lowest BCUT2D eigenvalue weighted by molar-refractivity contribution is 0.206. The van der Waals surface area contributed by atoms with Crippen LogP contribution < -0.4 is 14.4 Å². The van der Waals surface area contributed by atoms with Gasteiger partial charge in [0.2, 0.25) is 15.9 Å². The molecule has 146 valence electrons. The highest BCUT2D eigenvalue weighted by Gasteiger charge is 2.34. The van der Waals surface area contributed by atoms with E-state index in [1.165, 1.54) is 29.7 Å². The van der Waals surface area contributed by atoms with E-state index < -0.39 is 15.8 Å². The molecule has 1 aromatic heterocycles. The molecule has 1 fully saturated rings. The summed E-state index contributed by atoms with van der Waals surface area (Å²) in [6.45, 7) is 0.436. The lowest BCUT2D eigenvalue weighted by Crippen LogP contribution is -2.31. The Balaban J connectivity index is 1.71. The van der Waals surface area contributed by atoms with Crippen molar-refractivity contribution in [2.75, 3.05) is 39.2 Å². The minimum atomic E-state index is -3.82. The molecular formula is C17H21FN4O4S. The first-order valence-electron chi connectivity index (χ1n) is 8.31. The predicted octanol–water partition coefficient (Wildman–Crippen LogP) is 1.53. The molecule has 1 aliphatic heterocycles. The number of hydrogen-bond donors (Lipinski definition) is 0. The first kappa shape index (κ1) is 19.3. The van der Waals surface area contributed by atoms with Gasteiger partial charge in [-0.15, -0.1) is 0 Å². The summed E-state index contributed by atoms with van der Waals surface area (Å²) in [5, 5.41) is 0. The van der Waals surface area contributed by atoms with Crippen LogP contribution in [-0.4, -0.2) is 63.1 Å². The Morgan fingerprint density at radius 2 is 2.07 bits per heavy atom. The van der Waals surface area contributed by atoms with Crippen molar-refractivity contribution in [2.24, 2.45) is 0 Å². The lowest BCUT2D eigenvalue weighted by Gasteiger charge is -2.18. The standard InChI is InChI=1S/C17H21FN4O4S/c1-21(2)16-9-19-10-17(20-16)26-12-6-7-22(11-12)27(23,24)13-4-5-15(25-3)14(18)8-13/h4-5,8-10,12H,6-7,11H2,1-3H3/t12-/m1/s1. The van der Waals surface area contributed by atoms with E-state index in [-0.39, 0.29) is 29.8 Å². The van der Waals surface area contributed by atoms with Crippen LogP contribution in [-0.2, 0) is 10.0 Å². The van der Waals surface area contributed by atoms with Gasteiger partial charge in [-0.25, -0.2) is 12.8 Å². The molecular weight excluding hydrogens is 375 g/mol. The van der Waals surface area contributed by atoms with Crippen LogP contribution in [0, 0.1) is 5.82 Å². The van der Waals surface area contributed by atoms with E-state index in [1.807, 2.05) is 14.1 Å². The molecule has 2 heterocycles. The van der Waals surface area contributed by atoms with Crippen LogP contribution in [0.25, 0.3) is 0 Å². The van der Waals surface area contributed by atoms with Crippen molar-refractivity contribution in [3.8, 4) is 11.6 Å². The van der Waals surface area contributed by atoms with E-state index in [1.54, 1.807) is 11.1 Å². The average Bonchev–Trinajstić information content (AvgIpc) is 3.11. The number of hydrogen-bond acceptors (Lipinski definition) is 7. The number of halogens is 1. The lowest BCUT2D eigenvalue weighted by atomic mass is 10.3. The molecule has 0 amide bonds. The summed E-state index contributed by atoms with van der Waals surface area (Å²) in [5.74, 6) is 0.252. The largest absolute Gasteiger partial charge is 0.494 e. The van der Waals surface area contributed by atoms with E-state index in [9.17, 15) is 12.8 Å². The number of methoxy groups -OCH3 is 1. The molecule has 1 atom stereocenters. The van der Waals surface area contributed by atoms with Crippen LogP contribution in [0.15, 0.2) is 35.5 Å². The Morgan fingerprint density at radius 3 is 2.74 bits per heavy atom. The third kappa shape index (κ3) is 4.11. The van der Waals surface area contributed by atoms with Crippen molar-refractivity contribution < 1.29 is 22.3 Å². The van der Waals surface area contributed by atoms with Gasteiger partial charge >= 0.3 is 0 Å². The van der Waals surface area contributed by atoms with Crippen LogP contribution in [0.4, 0.5) is 10.2 Å². The molecule has 3 rings (SSSR count). The summed E-state index contributed by atoms with van der Waals surface area (Å²) < 4.78 is 51.3. The van der Waals surface area contributed by atoms with Crippen molar-refractivity contribution in [1.82, 2.24) is 14.3 Å². The monoisotopic (exact) mass is 396 g/mol. The quantitative estimate of drug-likeness (QED) is 0.732. The van der Waals surface area contributed by atoms with Gasteiger partial charge in [0.05, 0.1) is 30.9 Å². The number of aromatic nitrogens is 2. The van der Waals surface area contributed by atoms with Crippen molar-refractivity contribution >= 4 is 15.8 Å². The third-order valence-corrected chi connectivity index (χ3v) is 6.08. The highest BCUT2D eigenvalue weighted by molar-refractivity contribution is 7.89. The van der Waals surface area contributed by atoms with Gasteiger partial charge in [0.25, 0.3) is 0 Å². The topological polar surface area (TPSA) is 84.9 Å². The molecule has 27 heavy (non-hydrogen) atoms. The summed E-state index contributed by atoms with van der Waals surface area (Å²) in [6, 6.07) is 3.60. The molecule has 0 bridgehead atoms. The van der Waals surface area contributed by atoms with Gasteiger partial charge in [-0.2, -0.15) is 9.29 Å². The predicted molar refractivity (Wildman–Crippen MR) is 97.1 cm³/mol. The molecule has 2 aromatic rings. The summed E-state index contributed by atoms with van der Waals surface area (Å²) >= 11 is 0. The SMILES string of the molecule is COc1ccc(S(=O)(=O)N2CC[C@@H](Oc3cncc(N(C)C)n3)C2)cc1F. The number of nitrogens with zero attached hydrogens (tertiary/aromatic N) is 4. The first-order chi connectivity index (χ1) is 12.8. The maximum absolute atomic E-state index is 13.9. The van der Waals surface area contributed by atoms with Crippen LogP contribution in [0.1, 0.15) is 6.42 Å². The van der Waals surface area contributed by atoms with Crippen LogP contribution >= 0.6 is 0 Å². The fraction of sp³-hybridized carbons (Fsp3) is 0.412. The number of rotatable bonds is 6. The van der Waals surface area contributed by atoms with Gasteiger partial charge in [0.1, 0.15) is 6.10 Å². The fourth-order valence-electron chi connectivity index (χ4n) is 2.75. The summed E-state index contributed by atoms with van der Waals surface area (Å²) in [7, 11) is 1.18. The zero-order chi connectivity index (χ0) is 19.6. The zero-order valence-corrected chi connectivity index (χ0v) is 16.1. The summed E-state index contributed by atoms with van der Waals surface area (Å²) in [6.07, 6.45) is 3.25. The molecule has 0 spiro atoms. The van der Waals surface area contributed by atoms with E-state index in [4.69, 9.17) is 9.47 Å². The molecule has 0 saturated carbocycles. The van der Waals surface area contributed by atoms with Gasteiger partial charge in [0, 0.05) is 20.6 Å². The smallest absolute Gasteiger partial charge is 0.243 e. The van der Waals surface area contributed by atoms with Gasteiger partial charge in [0.15, 0.2) is 17.4 Å². The van der Waals surface area contributed by atoms with Crippen molar-refractivity contribution in [3.05, 3.63) is 36.4 Å². The van der Waals surface area contributed by atoms with Gasteiger partial charge < -0.3 is 14.4 Å². The second-order valence-electron chi connectivity index (χ2n) is 6.30. The minimum absolute atomic E-state index is 0.00377. The number of anilines is 1. The Labute approximate surface area is 157 Å². The molecule has 0 unspecified atom stereocenters. The molecule has 8 nitrogen and oxygen atoms in total. The second-order valence-corrected chi connectivity index (χ2v) is 8.24. The average molecular weight is 396 g/mol. The molecule has 1 aromatic carbocycles. The molecule has 0 radical (unpaired) electrons. The van der Waals surface area contributed by atoms with Gasteiger partial charge in [-0.05, 0) is 24.6 Å². The van der Waals surface area contributed by atoms with E-state index >= 15 is 0 Å². The Kier molecular flexibility index (Phi) is 5.47. The molecule has 10 heteroatoms. The first-order valence-corrected chi connectivity index (χ1v) is 9.75. The van der Waals surface area contributed by atoms with Crippen molar-refractivity contribution in [2.45, 2.75) is 17.4 Å². The van der Waals surface area contributed by atoms with Gasteiger partial charge in [-0.3, -0.25) is 4.98 Å². The van der Waals surface area contributed by atoms with Crippen molar-refractivity contribution in [1.29, 1.82) is 0 Å². The Hall–Kier alpha value is -2.46. The molecule has 0 N–H and O–H groups in total. The van der Waals surface area contributed by atoms with E-state index in [0.717, 1.165) is 6.07 Å². The van der Waals surface area contributed by atoms with Crippen LogP contribution in [0.3, 0.4) is 0 Å². The highest BCUT2D eigenvalue weighted by atomic mass is 32.2. The van der Waals surface area contributed by atoms with Crippen molar-refractivity contribution in [3.63, 3.8) is 0 Å². The number of sulfonamides is 1. The molecule has 1 aliphatic rings. The van der Waals surface area contributed by atoms with Crippen LogP contribution in [0.2, 0.25) is 0 Å². The van der Waals surface area contributed by atoms with Crippen LogP contribution in [0.5, 0.6) is 11.6 Å². The normalized spacial score (nSPS) is 17.7. The summed E-state index contributed by atoms with van der Waals surface area (Å²) in [5.41, 5.74) is 0. The van der Waals surface area contributed by atoms with Gasteiger partial charge in [-0.1, -0.05) is 0 Å². The number of ether oxygens (including phenoxy) is 2. The highest BCUT2D eigenvalue weighted by Crippen LogP contribution is 2.26. The number of benzene rings is 1. The second kappa shape index (κ2) is 7.65. The molecule has 1 saturated heterocycles. The Morgan fingerprint density at radius 1 is 1.30 bits per heavy atom.